The highest BCUT2D eigenvalue weighted by Crippen LogP contribution is 2.32. The van der Waals surface area contributed by atoms with E-state index >= 15 is 0 Å². The Labute approximate surface area is 158 Å². The number of aromatic nitrogens is 4. The lowest BCUT2D eigenvalue weighted by Crippen LogP contribution is -2.45. The molecule has 1 amide bonds. The Balaban J connectivity index is 1.43. The summed E-state index contributed by atoms with van der Waals surface area (Å²) in [5.74, 6) is 1.22. The van der Waals surface area contributed by atoms with E-state index in [2.05, 4.69) is 20.4 Å². The molecular weight excluding hydrogens is 348 g/mol. The molecule has 0 bridgehead atoms. The van der Waals surface area contributed by atoms with Crippen LogP contribution in [0.1, 0.15) is 38.4 Å². The van der Waals surface area contributed by atoms with Crippen LogP contribution >= 0.6 is 0 Å². The van der Waals surface area contributed by atoms with Crippen molar-refractivity contribution < 1.29 is 14.3 Å². The Morgan fingerprint density at radius 1 is 1.22 bits per heavy atom. The number of hydrogen-bond donors (Lipinski definition) is 1. The maximum absolute atomic E-state index is 11.8. The fraction of sp³-hybridized carbons (Fsp3) is 0.667. The zero-order chi connectivity index (χ0) is 18.7. The molecule has 0 aliphatic carbocycles. The summed E-state index contributed by atoms with van der Waals surface area (Å²) in [7, 11) is 0. The lowest BCUT2D eigenvalue weighted by atomic mass is 10.0. The van der Waals surface area contributed by atoms with Crippen molar-refractivity contribution in [2.24, 2.45) is 0 Å². The molecule has 4 heterocycles. The number of ether oxygens (including phenoxy) is 2. The third kappa shape index (κ3) is 3.89. The van der Waals surface area contributed by atoms with Crippen LogP contribution in [0.5, 0.6) is 0 Å². The molecule has 0 unspecified atom stereocenters. The summed E-state index contributed by atoms with van der Waals surface area (Å²) in [5.41, 5.74) is 0.693. The normalized spacial score (nSPS) is 19.1. The van der Waals surface area contributed by atoms with Crippen molar-refractivity contribution in [2.75, 3.05) is 37.7 Å². The molecule has 2 saturated heterocycles. The van der Waals surface area contributed by atoms with Gasteiger partial charge in [-0.25, -0.2) is 0 Å². The van der Waals surface area contributed by atoms with Crippen LogP contribution in [0.3, 0.4) is 0 Å². The zero-order valence-electron chi connectivity index (χ0n) is 15.7. The van der Waals surface area contributed by atoms with Crippen LogP contribution in [0, 0.1) is 0 Å². The van der Waals surface area contributed by atoms with Crippen LogP contribution < -0.4 is 10.2 Å². The first-order chi connectivity index (χ1) is 13.2. The molecular formula is C18H26N6O3. The van der Waals surface area contributed by atoms with Gasteiger partial charge >= 0.3 is 0 Å². The number of nitrogens with zero attached hydrogens (tertiary/aromatic N) is 5. The van der Waals surface area contributed by atoms with E-state index in [0.29, 0.717) is 44.1 Å². The van der Waals surface area contributed by atoms with Gasteiger partial charge in [-0.15, -0.1) is 15.3 Å². The third-order valence-electron chi connectivity index (χ3n) is 5.12. The standard InChI is InChI=1S/C18H26N6O3/c1-2-9-19-17(25)6-5-15-21-20-14-3-4-16(22-24(14)15)23-10-7-18(8-11-23)26-12-13-27-18/h3-4H,2,5-13H2,1H3,(H,19,25). The van der Waals surface area contributed by atoms with Crippen molar-refractivity contribution >= 4 is 17.4 Å². The van der Waals surface area contributed by atoms with Gasteiger partial charge in [0, 0.05) is 45.3 Å². The van der Waals surface area contributed by atoms with Gasteiger partial charge in [0.1, 0.15) is 5.82 Å². The first kappa shape index (κ1) is 18.1. The van der Waals surface area contributed by atoms with E-state index in [1.165, 1.54) is 0 Å². The van der Waals surface area contributed by atoms with Gasteiger partial charge in [0.2, 0.25) is 5.91 Å². The molecule has 0 aromatic carbocycles. The van der Waals surface area contributed by atoms with Gasteiger partial charge in [-0.1, -0.05) is 6.92 Å². The smallest absolute Gasteiger partial charge is 0.220 e. The highest BCUT2D eigenvalue weighted by atomic mass is 16.7. The molecule has 0 radical (unpaired) electrons. The molecule has 2 aromatic rings. The minimum Gasteiger partial charge on any atom is -0.356 e. The van der Waals surface area contributed by atoms with E-state index in [9.17, 15) is 4.79 Å². The summed E-state index contributed by atoms with van der Waals surface area (Å²) < 4.78 is 13.3. The average Bonchev–Trinajstić information content (AvgIpc) is 3.32. The molecule has 27 heavy (non-hydrogen) atoms. The second-order valence-electron chi connectivity index (χ2n) is 7.02. The highest BCUT2D eigenvalue weighted by molar-refractivity contribution is 5.76. The van der Waals surface area contributed by atoms with Crippen molar-refractivity contribution in [3.8, 4) is 0 Å². The van der Waals surface area contributed by atoms with Crippen LogP contribution in [0.2, 0.25) is 0 Å². The van der Waals surface area contributed by atoms with Crippen molar-refractivity contribution in [2.45, 2.75) is 44.8 Å². The van der Waals surface area contributed by atoms with Gasteiger partial charge in [-0.05, 0) is 18.6 Å². The number of aryl methyl sites for hydroxylation is 1. The molecule has 4 rings (SSSR count). The molecule has 1 N–H and O–H groups in total. The minimum absolute atomic E-state index is 0.0302. The van der Waals surface area contributed by atoms with Crippen LogP contribution in [0.15, 0.2) is 12.1 Å². The number of hydrogen-bond acceptors (Lipinski definition) is 7. The van der Waals surface area contributed by atoms with Crippen molar-refractivity contribution in [3.05, 3.63) is 18.0 Å². The average molecular weight is 374 g/mol. The zero-order valence-corrected chi connectivity index (χ0v) is 15.7. The maximum Gasteiger partial charge on any atom is 0.220 e. The number of rotatable bonds is 6. The molecule has 2 aliphatic rings. The van der Waals surface area contributed by atoms with Gasteiger partial charge in [0.15, 0.2) is 17.3 Å². The quantitative estimate of drug-likeness (QED) is 0.804. The van der Waals surface area contributed by atoms with E-state index < -0.39 is 5.79 Å². The number of piperidine rings is 1. The molecule has 146 valence electrons. The van der Waals surface area contributed by atoms with E-state index in [1.54, 1.807) is 4.52 Å². The van der Waals surface area contributed by atoms with Gasteiger partial charge < -0.3 is 19.7 Å². The predicted octanol–water partition coefficient (Wildman–Crippen LogP) is 0.926. The monoisotopic (exact) mass is 374 g/mol. The first-order valence-corrected chi connectivity index (χ1v) is 9.70. The van der Waals surface area contributed by atoms with Crippen molar-refractivity contribution in [1.82, 2.24) is 25.1 Å². The topological polar surface area (TPSA) is 93.9 Å². The van der Waals surface area contributed by atoms with Crippen LogP contribution in [-0.4, -0.2) is 64.4 Å². The van der Waals surface area contributed by atoms with Crippen LogP contribution in [0.25, 0.3) is 5.65 Å². The Morgan fingerprint density at radius 2 is 2.00 bits per heavy atom. The first-order valence-electron chi connectivity index (χ1n) is 9.70. The van der Waals surface area contributed by atoms with Gasteiger partial charge in [-0.2, -0.15) is 4.52 Å². The Morgan fingerprint density at radius 3 is 2.74 bits per heavy atom. The largest absolute Gasteiger partial charge is 0.356 e. The summed E-state index contributed by atoms with van der Waals surface area (Å²) in [5, 5.41) is 16.0. The molecule has 9 heteroatoms. The highest BCUT2D eigenvalue weighted by Gasteiger charge is 2.40. The molecule has 1 spiro atoms. The number of carbonyl (C=O) groups excluding carboxylic acids is 1. The van der Waals surface area contributed by atoms with Gasteiger partial charge in [-0.3, -0.25) is 4.79 Å². The molecule has 0 atom stereocenters. The Hall–Kier alpha value is -2.26. The molecule has 2 fully saturated rings. The lowest BCUT2D eigenvalue weighted by molar-refractivity contribution is -0.169. The number of anilines is 1. The van der Waals surface area contributed by atoms with Crippen LogP contribution in [0.4, 0.5) is 5.82 Å². The predicted molar refractivity (Wildman–Crippen MR) is 98.5 cm³/mol. The summed E-state index contributed by atoms with van der Waals surface area (Å²) in [4.78, 5) is 14.1. The van der Waals surface area contributed by atoms with Crippen LogP contribution in [-0.2, 0) is 20.7 Å². The van der Waals surface area contributed by atoms with Gasteiger partial charge in [0.25, 0.3) is 0 Å². The maximum atomic E-state index is 11.8. The van der Waals surface area contributed by atoms with E-state index in [1.807, 2.05) is 19.1 Å². The fourth-order valence-electron chi connectivity index (χ4n) is 3.59. The summed E-state index contributed by atoms with van der Waals surface area (Å²) in [6.45, 7) is 5.75. The van der Waals surface area contributed by atoms with Gasteiger partial charge in [0.05, 0.1) is 13.2 Å². The molecule has 9 nitrogen and oxygen atoms in total. The molecule has 0 saturated carbocycles. The SMILES string of the molecule is CCCNC(=O)CCc1nnc2ccc(N3CCC4(CC3)OCCO4)nn12. The Bertz CT molecular complexity index is 791. The fourth-order valence-corrected chi connectivity index (χ4v) is 3.59. The van der Waals surface area contributed by atoms with Crippen molar-refractivity contribution in [1.29, 1.82) is 0 Å². The molecule has 2 aliphatic heterocycles. The lowest BCUT2D eigenvalue weighted by Gasteiger charge is -2.38. The van der Waals surface area contributed by atoms with E-state index in [4.69, 9.17) is 14.6 Å². The summed E-state index contributed by atoms with van der Waals surface area (Å²) in [6, 6.07) is 3.89. The number of fused-ring (bicyclic) bond motifs is 1. The number of nitrogens with one attached hydrogen (secondary N) is 1. The third-order valence-corrected chi connectivity index (χ3v) is 5.12. The summed E-state index contributed by atoms with van der Waals surface area (Å²) in [6.07, 6.45) is 3.49. The molecule has 2 aromatic heterocycles. The second-order valence-corrected chi connectivity index (χ2v) is 7.02. The van der Waals surface area contributed by atoms with Crippen molar-refractivity contribution in [3.63, 3.8) is 0 Å². The Kier molecular flexibility index (Phi) is 5.22. The number of amides is 1. The van der Waals surface area contributed by atoms with E-state index in [0.717, 1.165) is 38.2 Å². The number of carbonyl (C=O) groups is 1. The minimum atomic E-state index is -0.395. The van der Waals surface area contributed by atoms with E-state index in [-0.39, 0.29) is 5.91 Å². The second kappa shape index (κ2) is 7.77. The summed E-state index contributed by atoms with van der Waals surface area (Å²) >= 11 is 0.